The largest absolute Gasteiger partial charge is 0.508 e. The molecule has 15 atom stereocenters. The van der Waals surface area contributed by atoms with E-state index in [1.807, 2.05) is 0 Å². The van der Waals surface area contributed by atoms with Crippen molar-refractivity contribution in [2.24, 2.45) is 17.6 Å². The minimum atomic E-state index is -2.26. The number of carbonyl (C=O) groups is 7. The summed E-state index contributed by atoms with van der Waals surface area (Å²) < 4.78 is 0. The van der Waals surface area contributed by atoms with Gasteiger partial charge in [0.1, 0.15) is 54.2 Å². The van der Waals surface area contributed by atoms with Crippen LogP contribution in [0.15, 0.2) is 24.3 Å². The number of β-amino-alcohol motifs (C(OH)–C–C–N with tert-alkyl or cyclic N) is 1. The maximum Gasteiger partial charge on any atom is 0.248 e. The van der Waals surface area contributed by atoms with Crippen molar-refractivity contribution >= 4 is 41.4 Å². The van der Waals surface area contributed by atoms with Gasteiger partial charge in [-0.25, -0.2) is 0 Å². The van der Waals surface area contributed by atoms with E-state index in [2.05, 4.69) is 47.4 Å². The van der Waals surface area contributed by atoms with Gasteiger partial charge in [0.2, 0.25) is 41.4 Å². The fourth-order valence-electron chi connectivity index (χ4n) is 10.1. The van der Waals surface area contributed by atoms with E-state index in [4.69, 9.17) is 5.73 Å². The van der Waals surface area contributed by atoms with Crippen LogP contribution >= 0.6 is 0 Å². The zero-order valence-electron chi connectivity index (χ0n) is 44.0. The van der Waals surface area contributed by atoms with Crippen LogP contribution in [-0.2, 0) is 33.6 Å². The van der Waals surface area contributed by atoms with Gasteiger partial charge in [0.05, 0.1) is 30.5 Å². The lowest BCUT2D eigenvalue weighted by molar-refractivity contribution is -0.148. The molecule has 3 heterocycles. The van der Waals surface area contributed by atoms with E-state index < -0.39 is 146 Å². The van der Waals surface area contributed by atoms with E-state index in [1.54, 1.807) is 0 Å². The fraction of sp³-hybridized carbons (Fsp3) is 0.750. The summed E-state index contributed by atoms with van der Waals surface area (Å²) in [5.41, 5.74) is 5.67. The van der Waals surface area contributed by atoms with Crippen molar-refractivity contribution < 1.29 is 74.4 Å². The molecular weight excluding hydrogens is 977 g/mol. The molecule has 0 bridgehead atoms. The van der Waals surface area contributed by atoms with Crippen LogP contribution in [0, 0.1) is 11.8 Å². The Kier molecular flexibility index (Phi) is 25.6. The summed E-state index contributed by atoms with van der Waals surface area (Å²) in [6.45, 7) is 6.41. The average Bonchev–Trinajstić information content (AvgIpc) is 3.97. The normalized spacial score (nSPS) is 28.1. The molecule has 15 unspecified atom stereocenters. The molecule has 3 aliphatic heterocycles. The summed E-state index contributed by atoms with van der Waals surface area (Å²) in [7, 11) is 0. The van der Waals surface area contributed by atoms with Crippen LogP contribution in [-0.4, -0.2) is 191 Å². The average molecular weight is 1060 g/mol. The fourth-order valence-corrected chi connectivity index (χ4v) is 10.1. The number of rotatable bonds is 22. The van der Waals surface area contributed by atoms with Crippen LogP contribution in [0.5, 0.6) is 5.75 Å². The van der Waals surface area contributed by atoms with E-state index in [0.717, 1.165) is 54.7 Å². The van der Waals surface area contributed by atoms with Crippen molar-refractivity contribution in [1.29, 1.82) is 0 Å². The van der Waals surface area contributed by atoms with E-state index in [0.29, 0.717) is 12.3 Å². The first-order valence-electron chi connectivity index (χ1n) is 26.9. The molecule has 1 aromatic carbocycles. The minimum absolute atomic E-state index is 0.00925. The molecule has 75 heavy (non-hydrogen) atoms. The van der Waals surface area contributed by atoms with Crippen molar-refractivity contribution in [2.75, 3.05) is 26.2 Å². The summed E-state index contributed by atoms with van der Waals surface area (Å²) in [6.07, 6.45) is -2.17. The first-order chi connectivity index (χ1) is 35.6. The highest BCUT2D eigenvalue weighted by Crippen LogP contribution is 2.26. The Labute approximate surface area is 439 Å². The first-order valence-corrected chi connectivity index (χ1v) is 26.9. The van der Waals surface area contributed by atoms with Crippen molar-refractivity contribution in [3.63, 3.8) is 0 Å². The Morgan fingerprint density at radius 2 is 1.32 bits per heavy atom. The highest BCUT2D eigenvalue weighted by atomic mass is 16.3. The van der Waals surface area contributed by atoms with Gasteiger partial charge in [0.15, 0.2) is 0 Å². The molecule has 424 valence electrons. The molecule has 0 saturated carbocycles. The number of phenols is 1. The van der Waals surface area contributed by atoms with Gasteiger partial charge < -0.3 is 83.0 Å². The molecule has 0 radical (unpaired) electrons. The monoisotopic (exact) mass is 1060 g/mol. The summed E-state index contributed by atoms with van der Waals surface area (Å²) in [4.78, 5) is 100. The lowest BCUT2D eigenvalue weighted by Gasteiger charge is -2.34. The lowest BCUT2D eigenvalue weighted by Crippen LogP contribution is -2.64. The Balaban J connectivity index is 1.60. The van der Waals surface area contributed by atoms with Crippen LogP contribution in [0.3, 0.4) is 0 Å². The second-order valence-corrected chi connectivity index (χ2v) is 21.1. The predicted octanol–water partition coefficient (Wildman–Crippen LogP) is -1.41. The van der Waals surface area contributed by atoms with Crippen molar-refractivity contribution in [3.05, 3.63) is 29.8 Å². The van der Waals surface area contributed by atoms with Gasteiger partial charge >= 0.3 is 0 Å². The Hall–Kier alpha value is -5.01. The number of carbonyl (C=O) groups excluding carboxylic acids is 7. The number of nitrogens with zero attached hydrogens (tertiary/aromatic N) is 2. The number of hydrogen-bond donors (Lipinski definition) is 14. The number of phenolic OH excluding ortho intramolecular Hbond substituents is 1. The number of aliphatic hydroxyl groups excluding tert-OH is 7. The van der Waals surface area contributed by atoms with Gasteiger partial charge in [-0.3, -0.25) is 33.6 Å². The molecule has 15 N–H and O–H groups in total. The van der Waals surface area contributed by atoms with Crippen molar-refractivity contribution in [2.45, 2.75) is 209 Å². The van der Waals surface area contributed by atoms with Crippen LogP contribution in [0.2, 0.25) is 0 Å². The Morgan fingerprint density at radius 1 is 0.720 bits per heavy atom. The molecule has 4 rings (SSSR count). The zero-order valence-corrected chi connectivity index (χ0v) is 44.0. The Bertz CT molecular complexity index is 2020. The highest BCUT2D eigenvalue weighted by Gasteiger charge is 2.48. The van der Waals surface area contributed by atoms with Crippen molar-refractivity contribution in [3.8, 4) is 5.75 Å². The second-order valence-electron chi connectivity index (χ2n) is 21.1. The lowest BCUT2D eigenvalue weighted by atomic mass is 9.91. The van der Waals surface area contributed by atoms with Crippen LogP contribution in [0.4, 0.5) is 0 Å². The third-order valence-corrected chi connectivity index (χ3v) is 14.7. The molecule has 0 spiro atoms. The quantitative estimate of drug-likeness (QED) is 0.0594. The van der Waals surface area contributed by atoms with Crippen LogP contribution < -0.4 is 32.3 Å². The number of nitrogens with one attached hydrogen (secondary N) is 5. The van der Waals surface area contributed by atoms with Gasteiger partial charge in [-0.15, -0.1) is 0 Å². The zero-order chi connectivity index (χ0) is 55.5. The number of hydrogen-bond acceptors (Lipinski definition) is 16. The number of amides is 7. The number of benzene rings is 1. The summed E-state index contributed by atoms with van der Waals surface area (Å²) >= 11 is 0. The molecule has 0 aromatic heterocycles. The molecule has 3 saturated heterocycles. The first kappa shape index (κ1) is 62.5. The Morgan fingerprint density at radius 3 is 1.95 bits per heavy atom. The topological polar surface area (TPSA) is 374 Å². The maximum atomic E-state index is 14.4. The van der Waals surface area contributed by atoms with Crippen LogP contribution in [0.1, 0.15) is 142 Å². The van der Waals surface area contributed by atoms with Crippen LogP contribution in [0.25, 0.3) is 0 Å². The molecule has 0 aliphatic carbocycles. The van der Waals surface area contributed by atoms with Gasteiger partial charge in [-0.05, 0) is 68.7 Å². The summed E-state index contributed by atoms with van der Waals surface area (Å²) in [5.74, 6) is -6.07. The molecule has 23 nitrogen and oxygen atoms in total. The number of nitrogens with two attached hydrogens (primary N) is 1. The van der Waals surface area contributed by atoms with Gasteiger partial charge in [0.25, 0.3) is 0 Å². The predicted molar refractivity (Wildman–Crippen MR) is 273 cm³/mol. The maximum absolute atomic E-state index is 14.4. The third-order valence-electron chi connectivity index (χ3n) is 14.7. The minimum Gasteiger partial charge on any atom is -0.508 e. The molecule has 23 heteroatoms. The second kappa shape index (κ2) is 30.7. The van der Waals surface area contributed by atoms with Gasteiger partial charge in [0, 0.05) is 38.9 Å². The number of fused-ring (bicyclic) bond motifs is 2. The standard InChI is InChI=1S/C52H86N8O15/c1-5-29(2)24-30(3)14-12-10-8-6-7-9-11-13-15-40(67)55-36-25-34(63)27-54-50(73)44-39(66)21-23-59(44)52(75)42(38(65)20-22-53)57-49(72)43(46(69)45(68)32-16-18-33(62)19-17-32)58-48(71)37-26-35(64)28-60(37)51(74)41(31(4)61)56-47(36)70/h16-19,29-31,34-39,41-46,61-66,68-69H,5-15,20-28,53H2,1-4H3,(H,54,73)(H,55,67)(H,56,70)(H,57,72)(H,58,71). The van der Waals surface area contributed by atoms with Crippen molar-refractivity contribution in [1.82, 2.24) is 36.4 Å². The summed E-state index contributed by atoms with van der Waals surface area (Å²) in [5, 5.41) is 100. The van der Waals surface area contributed by atoms with Gasteiger partial charge in [-0.1, -0.05) is 90.7 Å². The molecule has 3 aliphatic rings. The number of aliphatic hydroxyl groups is 7. The van der Waals surface area contributed by atoms with E-state index in [-0.39, 0.29) is 43.7 Å². The molecule has 1 aromatic rings. The highest BCUT2D eigenvalue weighted by molar-refractivity contribution is 5.98. The van der Waals surface area contributed by atoms with E-state index >= 15 is 0 Å². The summed E-state index contributed by atoms with van der Waals surface area (Å²) in [6, 6.07) is -6.08. The molecule has 7 amide bonds. The number of unbranched alkanes of at least 4 members (excludes halogenated alkanes) is 7. The molecular formula is C52H86N8O15. The SMILES string of the molecule is CCC(C)CC(C)CCCCCCCCCCC(=O)NC1CC(O)CNC(=O)C2C(O)CCN2C(=O)C(C(O)CCN)NC(=O)C(C(O)C(O)c2ccc(O)cc2)NC(=O)C2CC(O)CN2C(=O)C(C(C)O)NC1=O. The third kappa shape index (κ3) is 18.6. The van der Waals surface area contributed by atoms with E-state index in [1.165, 1.54) is 56.4 Å². The smallest absolute Gasteiger partial charge is 0.248 e. The van der Waals surface area contributed by atoms with Gasteiger partial charge in [-0.2, -0.15) is 0 Å². The van der Waals surface area contributed by atoms with E-state index in [9.17, 15) is 74.4 Å². The number of aromatic hydroxyl groups is 1. The molecule has 3 fully saturated rings.